The van der Waals surface area contributed by atoms with Crippen LogP contribution in [0.25, 0.3) is 0 Å². The molecule has 1 N–H and O–H groups in total. The summed E-state index contributed by atoms with van der Waals surface area (Å²) < 4.78 is 1.26. The van der Waals surface area contributed by atoms with Crippen LogP contribution in [-0.4, -0.2) is 17.3 Å². The van der Waals surface area contributed by atoms with Gasteiger partial charge in [0.25, 0.3) is 0 Å². The lowest BCUT2D eigenvalue weighted by atomic mass is 10.2. The zero-order chi connectivity index (χ0) is 8.27. The second kappa shape index (κ2) is 3.39. The molecule has 3 heteroatoms. The molecule has 0 spiro atoms. The number of halogens is 1. The lowest BCUT2D eigenvalue weighted by Crippen LogP contribution is -2.15. The molecule has 58 valence electrons. The summed E-state index contributed by atoms with van der Waals surface area (Å²) in [5.41, 5.74) is 0.824. The van der Waals surface area contributed by atoms with Crippen LogP contribution in [0.15, 0.2) is 30.3 Å². The van der Waals surface area contributed by atoms with Gasteiger partial charge in [0.15, 0.2) is 0 Å². The highest BCUT2D eigenvalue weighted by Gasteiger charge is 2.01. The van der Waals surface area contributed by atoms with Crippen molar-refractivity contribution in [3.8, 4) is 0 Å². The van der Waals surface area contributed by atoms with Gasteiger partial charge in [0.1, 0.15) is 5.84 Å². The number of hydrogen-bond acceptors (Lipinski definition) is 1. The maximum atomic E-state index is 7.48. The van der Waals surface area contributed by atoms with Crippen LogP contribution in [0.5, 0.6) is 0 Å². The van der Waals surface area contributed by atoms with Gasteiger partial charge in [-0.25, -0.2) is 0 Å². The molecule has 0 aliphatic carbocycles. The summed E-state index contributed by atoms with van der Waals surface area (Å²) in [6.07, 6.45) is 0. The standard InChI is InChI=1S/C8H9ClN2/c1-11(9)8(10)7-5-3-2-4-6-7/h2-6,10H,1H3. The van der Waals surface area contributed by atoms with E-state index in [4.69, 9.17) is 17.2 Å². The third kappa shape index (κ3) is 1.95. The molecule has 0 aliphatic rings. The SMILES string of the molecule is CN(Cl)C(=N)c1ccccc1. The number of nitrogens with one attached hydrogen (secondary N) is 1. The monoisotopic (exact) mass is 168 g/mol. The number of benzene rings is 1. The average Bonchev–Trinajstić information content (AvgIpc) is 2.05. The van der Waals surface area contributed by atoms with Gasteiger partial charge in [-0.1, -0.05) is 30.3 Å². The van der Waals surface area contributed by atoms with Crippen molar-refractivity contribution in [1.82, 2.24) is 4.42 Å². The van der Waals surface area contributed by atoms with Gasteiger partial charge in [-0.3, -0.25) is 9.83 Å². The molecular weight excluding hydrogens is 160 g/mol. The molecular formula is C8H9ClN2. The Morgan fingerprint density at radius 1 is 1.36 bits per heavy atom. The van der Waals surface area contributed by atoms with E-state index >= 15 is 0 Å². The normalized spacial score (nSPS) is 9.27. The van der Waals surface area contributed by atoms with E-state index in [0.29, 0.717) is 5.84 Å². The van der Waals surface area contributed by atoms with E-state index in [-0.39, 0.29) is 0 Å². The van der Waals surface area contributed by atoms with Crippen LogP contribution in [0.1, 0.15) is 5.56 Å². The molecule has 0 saturated heterocycles. The van der Waals surface area contributed by atoms with Crippen molar-refractivity contribution in [2.75, 3.05) is 7.05 Å². The Hall–Kier alpha value is -1.02. The van der Waals surface area contributed by atoms with Gasteiger partial charge < -0.3 is 0 Å². The van der Waals surface area contributed by atoms with Crippen LogP contribution in [0, 0.1) is 5.41 Å². The molecule has 2 nitrogen and oxygen atoms in total. The van der Waals surface area contributed by atoms with Gasteiger partial charge >= 0.3 is 0 Å². The largest absolute Gasteiger partial charge is 0.283 e. The number of hydrogen-bond donors (Lipinski definition) is 1. The molecule has 0 atom stereocenters. The molecule has 0 aliphatic heterocycles. The van der Waals surface area contributed by atoms with Crippen molar-refractivity contribution in [2.45, 2.75) is 0 Å². The summed E-state index contributed by atoms with van der Waals surface area (Å²) >= 11 is 5.57. The van der Waals surface area contributed by atoms with Crippen molar-refractivity contribution in [3.05, 3.63) is 35.9 Å². The maximum Gasteiger partial charge on any atom is 0.142 e. The summed E-state index contributed by atoms with van der Waals surface area (Å²) in [6.45, 7) is 0. The second-order valence-corrected chi connectivity index (χ2v) is 2.70. The number of nitrogens with zero attached hydrogens (tertiary/aromatic N) is 1. The van der Waals surface area contributed by atoms with E-state index in [2.05, 4.69) is 0 Å². The Morgan fingerprint density at radius 3 is 2.36 bits per heavy atom. The zero-order valence-electron chi connectivity index (χ0n) is 6.21. The fraction of sp³-hybridized carbons (Fsp3) is 0.125. The predicted octanol–water partition coefficient (Wildman–Crippen LogP) is 2.10. The van der Waals surface area contributed by atoms with Crippen LogP contribution in [0.2, 0.25) is 0 Å². The van der Waals surface area contributed by atoms with Crippen molar-refractivity contribution in [3.63, 3.8) is 0 Å². The Balaban J connectivity index is 2.86. The number of rotatable bonds is 1. The Bertz CT molecular complexity index is 244. The van der Waals surface area contributed by atoms with Crippen molar-refractivity contribution < 1.29 is 0 Å². The molecule has 1 aromatic carbocycles. The Labute approximate surface area is 71.0 Å². The third-order valence-corrected chi connectivity index (χ3v) is 1.52. The highest BCUT2D eigenvalue weighted by atomic mass is 35.5. The first-order chi connectivity index (χ1) is 5.22. The molecule has 1 rings (SSSR count). The molecule has 11 heavy (non-hydrogen) atoms. The summed E-state index contributed by atoms with van der Waals surface area (Å²) in [4.78, 5) is 0. The predicted molar refractivity (Wildman–Crippen MR) is 46.9 cm³/mol. The van der Waals surface area contributed by atoms with E-state index in [1.807, 2.05) is 30.3 Å². The summed E-state index contributed by atoms with van der Waals surface area (Å²) in [5.74, 6) is 0.312. The van der Waals surface area contributed by atoms with Crippen molar-refractivity contribution in [1.29, 1.82) is 5.41 Å². The smallest absolute Gasteiger partial charge is 0.142 e. The molecule has 0 saturated carbocycles. The first-order valence-electron chi connectivity index (χ1n) is 3.25. The van der Waals surface area contributed by atoms with Crippen LogP contribution in [0.4, 0.5) is 0 Å². The summed E-state index contributed by atoms with van der Waals surface area (Å²) in [7, 11) is 1.64. The summed E-state index contributed by atoms with van der Waals surface area (Å²) in [5, 5.41) is 7.48. The zero-order valence-corrected chi connectivity index (χ0v) is 6.97. The van der Waals surface area contributed by atoms with Gasteiger partial charge in [0.2, 0.25) is 0 Å². The Morgan fingerprint density at radius 2 is 1.91 bits per heavy atom. The minimum absolute atomic E-state index is 0.312. The summed E-state index contributed by atoms with van der Waals surface area (Å²) in [6, 6.07) is 9.36. The third-order valence-electron chi connectivity index (χ3n) is 1.36. The average molecular weight is 169 g/mol. The molecule has 0 bridgehead atoms. The number of amidine groups is 1. The molecule has 0 radical (unpaired) electrons. The van der Waals surface area contributed by atoms with Crippen molar-refractivity contribution >= 4 is 17.6 Å². The van der Waals surface area contributed by atoms with Crippen LogP contribution in [0.3, 0.4) is 0 Å². The van der Waals surface area contributed by atoms with E-state index in [9.17, 15) is 0 Å². The lowest BCUT2D eigenvalue weighted by Gasteiger charge is -2.09. The van der Waals surface area contributed by atoms with Crippen LogP contribution >= 0.6 is 11.8 Å². The van der Waals surface area contributed by atoms with E-state index < -0.39 is 0 Å². The minimum Gasteiger partial charge on any atom is -0.283 e. The highest BCUT2D eigenvalue weighted by Crippen LogP contribution is 2.03. The first kappa shape index (κ1) is 8.08. The second-order valence-electron chi connectivity index (χ2n) is 2.19. The van der Waals surface area contributed by atoms with E-state index in [1.54, 1.807) is 7.05 Å². The van der Waals surface area contributed by atoms with Gasteiger partial charge in [0.05, 0.1) is 0 Å². The fourth-order valence-electron chi connectivity index (χ4n) is 0.774. The highest BCUT2D eigenvalue weighted by molar-refractivity contribution is 6.24. The van der Waals surface area contributed by atoms with E-state index in [0.717, 1.165) is 5.56 Å². The topological polar surface area (TPSA) is 27.1 Å². The molecule has 0 unspecified atom stereocenters. The first-order valence-corrected chi connectivity index (χ1v) is 3.59. The molecule has 0 aromatic heterocycles. The van der Waals surface area contributed by atoms with Gasteiger partial charge in [-0.2, -0.15) is 0 Å². The van der Waals surface area contributed by atoms with E-state index in [1.165, 1.54) is 4.42 Å². The molecule has 0 amide bonds. The van der Waals surface area contributed by atoms with Crippen LogP contribution < -0.4 is 0 Å². The van der Waals surface area contributed by atoms with Gasteiger partial charge in [0, 0.05) is 24.4 Å². The fourth-order valence-corrected chi connectivity index (χ4v) is 0.872. The lowest BCUT2D eigenvalue weighted by molar-refractivity contribution is 0.812. The minimum atomic E-state index is 0.312. The molecule has 0 fully saturated rings. The molecule has 1 aromatic rings. The maximum absolute atomic E-state index is 7.48. The van der Waals surface area contributed by atoms with Gasteiger partial charge in [-0.15, -0.1) is 0 Å². The quantitative estimate of drug-likeness (QED) is 0.388. The Kier molecular flexibility index (Phi) is 2.49. The molecule has 0 heterocycles. The van der Waals surface area contributed by atoms with Crippen molar-refractivity contribution in [2.24, 2.45) is 0 Å². The van der Waals surface area contributed by atoms with Crippen LogP contribution in [-0.2, 0) is 0 Å². The van der Waals surface area contributed by atoms with Gasteiger partial charge in [-0.05, 0) is 0 Å².